The lowest BCUT2D eigenvalue weighted by atomic mass is 10.0. The Morgan fingerprint density at radius 2 is 1.56 bits per heavy atom. The summed E-state index contributed by atoms with van der Waals surface area (Å²) in [6.07, 6.45) is 4.27. The van der Waals surface area contributed by atoms with Gasteiger partial charge in [-0.1, -0.05) is 12.1 Å². The van der Waals surface area contributed by atoms with Gasteiger partial charge in [-0.05, 0) is 36.1 Å². The van der Waals surface area contributed by atoms with E-state index in [1.165, 1.54) is 36.4 Å². The van der Waals surface area contributed by atoms with Gasteiger partial charge >= 0.3 is 5.97 Å². The normalized spacial score (nSPS) is 13.9. The van der Waals surface area contributed by atoms with Crippen molar-refractivity contribution in [3.8, 4) is 5.75 Å². The largest absolute Gasteiger partial charge is 0.508 e. The van der Waals surface area contributed by atoms with Crippen molar-refractivity contribution in [2.45, 2.75) is 49.9 Å². The number of H-pyrrole nitrogens is 1. The number of rotatable bonds is 16. The average Bonchev–Trinajstić information content (AvgIpc) is 3.39. The standard InChI is InChI=1S/C24H33N7O7S/c1-39-7-6-17(24(37)38)29-23(36)19(9-14-11-27-12-28-14)31-22(35)18(8-13-2-4-15(32)5-3-13)30-21(34)16(25)10-20(26)33/h2-5,11-12,16-19,32H,6-10,25H2,1H3,(H2,26,33)(H,27,28)(H,29,36)(H,30,34)(H,31,35)(H,37,38). The molecule has 15 heteroatoms. The Kier molecular flexibility index (Phi) is 12.2. The minimum absolute atomic E-state index is 0.00184. The number of hydrogen-bond acceptors (Lipinski definition) is 9. The van der Waals surface area contributed by atoms with Crippen LogP contribution in [0.2, 0.25) is 0 Å². The highest BCUT2D eigenvalue weighted by atomic mass is 32.2. The number of benzene rings is 1. The molecule has 2 rings (SSSR count). The summed E-state index contributed by atoms with van der Waals surface area (Å²) in [6.45, 7) is 0. The smallest absolute Gasteiger partial charge is 0.326 e. The van der Waals surface area contributed by atoms with E-state index in [1.54, 1.807) is 18.4 Å². The van der Waals surface area contributed by atoms with E-state index < -0.39 is 60.2 Å². The van der Waals surface area contributed by atoms with Crippen LogP contribution in [0.3, 0.4) is 0 Å². The number of phenolic OH excluding ortho intramolecular Hbond substituents is 1. The zero-order chi connectivity index (χ0) is 28.9. The Morgan fingerprint density at radius 1 is 0.974 bits per heavy atom. The molecule has 1 heterocycles. The number of aliphatic carboxylic acids is 1. The molecule has 4 unspecified atom stereocenters. The van der Waals surface area contributed by atoms with Crippen LogP contribution < -0.4 is 27.4 Å². The number of thioether (sulfide) groups is 1. The number of carboxylic acid groups (broad SMARTS) is 1. The number of carboxylic acids is 1. The zero-order valence-corrected chi connectivity index (χ0v) is 22.1. The molecule has 0 fully saturated rings. The molecule has 0 spiro atoms. The van der Waals surface area contributed by atoms with Crippen LogP contribution in [0.25, 0.3) is 0 Å². The van der Waals surface area contributed by atoms with Gasteiger partial charge in [-0.2, -0.15) is 11.8 Å². The topological polar surface area (TPSA) is 243 Å². The van der Waals surface area contributed by atoms with E-state index in [4.69, 9.17) is 11.5 Å². The number of nitrogens with two attached hydrogens (primary N) is 2. The van der Waals surface area contributed by atoms with Crippen LogP contribution in [0.1, 0.15) is 24.1 Å². The van der Waals surface area contributed by atoms with Gasteiger partial charge in [0.1, 0.15) is 23.9 Å². The number of aromatic amines is 1. The molecule has 14 nitrogen and oxygen atoms in total. The number of imidazole rings is 1. The monoisotopic (exact) mass is 563 g/mol. The number of nitrogens with one attached hydrogen (secondary N) is 4. The van der Waals surface area contributed by atoms with Gasteiger partial charge in [-0.25, -0.2) is 9.78 Å². The fraction of sp³-hybridized carbons (Fsp3) is 0.417. The third-order valence-corrected chi connectivity index (χ3v) is 6.25. The minimum Gasteiger partial charge on any atom is -0.508 e. The third kappa shape index (κ3) is 10.6. The molecular weight excluding hydrogens is 530 g/mol. The Bertz CT molecular complexity index is 1130. The molecule has 0 saturated heterocycles. The zero-order valence-electron chi connectivity index (χ0n) is 21.3. The van der Waals surface area contributed by atoms with Gasteiger partial charge in [0.15, 0.2) is 0 Å². The first-order valence-electron chi connectivity index (χ1n) is 11.9. The molecule has 4 amide bonds. The predicted molar refractivity (Wildman–Crippen MR) is 142 cm³/mol. The van der Waals surface area contributed by atoms with Crippen LogP contribution >= 0.6 is 11.8 Å². The van der Waals surface area contributed by atoms with E-state index in [9.17, 15) is 34.2 Å². The van der Waals surface area contributed by atoms with E-state index in [2.05, 4.69) is 25.9 Å². The predicted octanol–water partition coefficient (Wildman–Crippen LogP) is -1.60. The summed E-state index contributed by atoms with van der Waals surface area (Å²) in [5.41, 5.74) is 11.9. The van der Waals surface area contributed by atoms with Gasteiger partial charge in [-0.3, -0.25) is 19.2 Å². The van der Waals surface area contributed by atoms with Crippen molar-refractivity contribution in [3.63, 3.8) is 0 Å². The second-order valence-corrected chi connectivity index (χ2v) is 9.72. The van der Waals surface area contributed by atoms with E-state index in [-0.39, 0.29) is 25.0 Å². The fourth-order valence-electron chi connectivity index (χ4n) is 3.53. The lowest BCUT2D eigenvalue weighted by Crippen LogP contribution is -2.58. The number of phenols is 1. The molecule has 10 N–H and O–H groups in total. The van der Waals surface area contributed by atoms with Gasteiger partial charge in [0.05, 0.1) is 18.8 Å². The first-order chi connectivity index (χ1) is 18.5. The summed E-state index contributed by atoms with van der Waals surface area (Å²) < 4.78 is 0. The number of hydrogen-bond donors (Lipinski definition) is 8. The van der Waals surface area contributed by atoms with Crippen LogP contribution in [-0.4, -0.2) is 86.0 Å². The second kappa shape index (κ2) is 15.3. The number of nitrogens with zero attached hydrogens (tertiary/aromatic N) is 1. The van der Waals surface area contributed by atoms with E-state index in [1.807, 2.05) is 0 Å². The maximum atomic E-state index is 13.4. The number of aromatic nitrogens is 2. The first-order valence-corrected chi connectivity index (χ1v) is 13.3. The first kappa shape index (κ1) is 31.1. The molecule has 1 aromatic heterocycles. The Labute approximate surface area is 228 Å². The Morgan fingerprint density at radius 3 is 2.10 bits per heavy atom. The van der Waals surface area contributed by atoms with E-state index >= 15 is 0 Å². The number of carbonyl (C=O) groups excluding carboxylic acids is 4. The second-order valence-electron chi connectivity index (χ2n) is 8.73. The van der Waals surface area contributed by atoms with Gasteiger partial charge in [0, 0.05) is 24.7 Å². The van der Waals surface area contributed by atoms with Gasteiger partial charge in [0.2, 0.25) is 23.6 Å². The number of carbonyl (C=O) groups is 5. The SMILES string of the molecule is CSCCC(NC(=O)C(Cc1cnc[nH]1)NC(=O)C(Cc1ccc(O)cc1)NC(=O)C(N)CC(N)=O)C(=O)O. The number of primary amides is 1. The van der Waals surface area contributed by atoms with Crippen molar-refractivity contribution in [1.82, 2.24) is 25.9 Å². The molecule has 0 aliphatic carbocycles. The van der Waals surface area contributed by atoms with Crippen molar-refractivity contribution < 1.29 is 34.2 Å². The Balaban J connectivity index is 2.28. The maximum Gasteiger partial charge on any atom is 0.326 e. The summed E-state index contributed by atoms with van der Waals surface area (Å²) in [5.74, 6) is -3.86. The quantitative estimate of drug-likeness (QED) is 0.116. The molecule has 0 aliphatic heterocycles. The van der Waals surface area contributed by atoms with Crippen molar-refractivity contribution in [1.29, 1.82) is 0 Å². The fourth-order valence-corrected chi connectivity index (χ4v) is 4.00. The Hall–Kier alpha value is -4.11. The van der Waals surface area contributed by atoms with Crippen molar-refractivity contribution >= 4 is 41.4 Å². The third-order valence-electron chi connectivity index (χ3n) is 5.60. The average molecular weight is 564 g/mol. The summed E-state index contributed by atoms with van der Waals surface area (Å²) in [5, 5.41) is 26.6. The molecule has 0 saturated carbocycles. The summed E-state index contributed by atoms with van der Waals surface area (Å²) in [7, 11) is 0. The maximum absolute atomic E-state index is 13.4. The van der Waals surface area contributed by atoms with Crippen molar-refractivity contribution in [3.05, 3.63) is 48.0 Å². The van der Waals surface area contributed by atoms with Crippen molar-refractivity contribution in [2.75, 3.05) is 12.0 Å². The number of amides is 4. The molecule has 1 aromatic carbocycles. The molecule has 39 heavy (non-hydrogen) atoms. The molecular formula is C24H33N7O7S. The molecule has 0 bridgehead atoms. The molecule has 0 radical (unpaired) electrons. The van der Waals surface area contributed by atoms with Crippen molar-refractivity contribution in [2.24, 2.45) is 11.5 Å². The van der Waals surface area contributed by atoms with Gasteiger partial charge in [-0.15, -0.1) is 0 Å². The summed E-state index contributed by atoms with van der Waals surface area (Å²) in [6, 6.07) is 0.934. The molecule has 4 atom stereocenters. The summed E-state index contributed by atoms with van der Waals surface area (Å²) in [4.78, 5) is 68.7. The molecule has 0 aliphatic rings. The highest BCUT2D eigenvalue weighted by Gasteiger charge is 2.31. The highest BCUT2D eigenvalue weighted by Crippen LogP contribution is 2.12. The molecule has 2 aromatic rings. The molecule has 212 valence electrons. The van der Waals surface area contributed by atoms with Crippen LogP contribution in [0.15, 0.2) is 36.8 Å². The van der Waals surface area contributed by atoms with Gasteiger partial charge in [0.25, 0.3) is 0 Å². The number of aromatic hydroxyl groups is 1. The van der Waals surface area contributed by atoms with E-state index in [0.29, 0.717) is 17.0 Å². The lowest BCUT2D eigenvalue weighted by Gasteiger charge is -2.25. The highest BCUT2D eigenvalue weighted by molar-refractivity contribution is 7.98. The van der Waals surface area contributed by atoms with Crippen LogP contribution in [-0.2, 0) is 36.8 Å². The van der Waals surface area contributed by atoms with Crippen LogP contribution in [0, 0.1) is 0 Å². The summed E-state index contributed by atoms with van der Waals surface area (Å²) >= 11 is 1.42. The van der Waals surface area contributed by atoms with Crippen LogP contribution in [0.5, 0.6) is 5.75 Å². The van der Waals surface area contributed by atoms with E-state index in [0.717, 1.165) is 0 Å². The minimum atomic E-state index is -1.31. The van der Waals surface area contributed by atoms with Gasteiger partial charge < -0.3 is 42.6 Å². The lowest BCUT2D eigenvalue weighted by molar-refractivity contribution is -0.142. The van der Waals surface area contributed by atoms with Crippen LogP contribution in [0.4, 0.5) is 0 Å².